The first-order valence-corrected chi connectivity index (χ1v) is 5.32. The summed E-state index contributed by atoms with van der Waals surface area (Å²) in [5.41, 5.74) is 4.21. The van der Waals surface area contributed by atoms with Gasteiger partial charge in [0.25, 0.3) is 5.91 Å². The van der Waals surface area contributed by atoms with Gasteiger partial charge in [-0.3, -0.25) is 10.2 Å². The number of aliphatic imine (C=N–C) groups is 1. The quantitative estimate of drug-likeness (QED) is 0.256. The zero-order chi connectivity index (χ0) is 15.5. The molecule has 2 N–H and O–H groups in total. The first-order chi connectivity index (χ1) is 9.49. The van der Waals surface area contributed by atoms with Gasteiger partial charge in [0.1, 0.15) is 0 Å². The number of ether oxygens (including phenoxy) is 1. The second-order valence-corrected chi connectivity index (χ2v) is 3.20. The van der Waals surface area contributed by atoms with Crippen molar-refractivity contribution in [2.75, 3.05) is 7.11 Å². The predicted octanol–water partition coefficient (Wildman–Crippen LogP) is 0.826. The summed E-state index contributed by atoms with van der Waals surface area (Å²) in [4.78, 5) is 37.0. The highest BCUT2D eigenvalue weighted by molar-refractivity contribution is 6.01. The summed E-state index contributed by atoms with van der Waals surface area (Å²) in [6, 6.07) is -0.822. The number of allylic oxidation sites excluding steroid dienone is 2. The number of nitrogens with one attached hydrogen (secondary N) is 2. The van der Waals surface area contributed by atoms with Crippen molar-refractivity contribution >= 4 is 24.6 Å². The fourth-order valence-corrected chi connectivity index (χ4v) is 1.02. The van der Waals surface area contributed by atoms with Gasteiger partial charge >= 0.3 is 12.0 Å². The third kappa shape index (κ3) is 5.58. The molecule has 0 saturated heterocycles. The van der Waals surface area contributed by atoms with Crippen LogP contribution >= 0.6 is 0 Å². The highest BCUT2D eigenvalue weighted by Gasteiger charge is 2.11. The fraction of sp³-hybridized carbons (Fsp3) is 0.0769. The van der Waals surface area contributed by atoms with E-state index >= 15 is 0 Å². The van der Waals surface area contributed by atoms with Gasteiger partial charge in [0.2, 0.25) is 0 Å². The van der Waals surface area contributed by atoms with Gasteiger partial charge in [-0.05, 0) is 18.9 Å². The van der Waals surface area contributed by atoms with Gasteiger partial charge in [-0.15, -0.1) is 0 Å². The smallest absolute Gasteiger partial charge is 0.358 e. The lowest BCUT2D eigenvalue weighted by atomic mass is 10.1. The van der Waals surface area contributed by atoms with Crippen LogP contribution in [0.3, 0.4) is 0 Å². The van der Waals surface area contributed by atoms with Crippen LogP contribution in [0.25, 0.3) is 0 Å². The second kappa shape index (κ2) is 9.03. The van der Waals surface area contributed by atoms with E-state index in [1.165, 1.54) is 31.4 Å². The van der Waals surface area contributed by atoms with E-state index in [0.29, 0.717) is 0 Å². The molecule has 20 heavy (non-hydrogen) atoms. The van der Waals surface area contributed by atoms with Crippen LogP contribution in [-0.4, -0.2) is 31.7 Å². The zero-order valence-electron chi connectivity index (χ0n) is 11.0. The molecule has 0 atom stereocenters. The summed E-state index contributed by atoms with van der Waals surface area (Å²) < 4.78 is 4.52. The summed E-state index contributed by atoms with van der Waals surface area (Å²) >= 11 is 0. The molecule has 7 heteroatoms. The van der Waals surface area contributed by atoms with Crippen LogP contribution in [0.4, 0.5) is 4.79 Å². The topological polar surface area (TPSA) is 96.9 Å². The van der Waals surface area contributed by atoms with Crippen molar-refractivity contribution in [2.45, 2.75) is 0 Å². The van der Waals surface area contributed by atoms with E-state index in [9.17, 15) is 14.4 Å². The van der Waals surface area contributed by atoms with E-state index in [1.807, 2.05) is 5.43 Å². The Balaban J connectivity index is 5.15. The molecule has 106 valence electrons. The van der Waals surface area contributed by atoms with Gasteiger partial charge < -0.3 is 4.74 Å². The minimum absolute atomic E-state index is 0.0599. The summed E-state index contributed by atoms with van der Waals surface area (Å²) in [5.74, 6) is -1.33. The standard InChI is InChI=1S/C13H15N3O4/c1-5-7-10(8-9(6-2)12(18)20-4)11(17)15-16-13(19)14-3/h5-8H,1-3H2,4H3,(H,15,17)(H,16,19)/b9-8+,10-7+. The minimum Gasteiger partial charge on any atom is -0.465 e. The highest BCUT2D eigenvalue weighted by Crippen LogP contribution is 2.06. The molecule has 0 aliphatic rings. The lowest BCUT2D eigenvalue weighted by Gasteiger charge is -2.06. The van der Waals surface area contributed by atoms with Gasteiger partial charge in [0.15, 0.2) is 0 Å². The van der Waals surface area contributed by atoms with Crippen LogP contribution in [0.15, 0.2) is 53.6 Å². The third-order valence-corrected chi connectivity index (χ3v) is 1.94. The number of urea groups is 1. The van der Waals surface area contributed by atoms with Crippen LogP contribution in [0.5, 0.6) is 0 Å². The first-order valence-electron chi connectivity index (χ1n) is 5.32. The van der Waals surface area contributed by atoms with Crippen LogP contribution in [0, 0.1) is 0 Å². The van der Waals surface area contributed by atoms with E-state index in [-0.39, 0.29) is 11.1 Å². The van der Waals surface area contributed by atoms with Crippen molar-refractivity contribution < 1.29 is 19.1 Å². The Morgan fingerprint density at radius 3 is 2.25 bits per heavy atom. The number of carbonyl (C=O) groups excluding carboxylic acids is 3. The molecule has 0 aliphatic heterocycles. The molecule has 0 saturated carbocycles. The average Bonchev–Trinajstić information content (AvgIpc) is 2.47. The Bertz CT molecular complexity index is 504. The first kappa shape index (κ1) is 17.0. The molecule has 0 heterocycles. The van der Waals surface area contributed by atoms with Gasteiger partial charge in [0.05, 0.1) is 12.7 Å². The normalized spacial score (nSPS) is 11.1. The monoisotopic (exact) mass is 277 g/mol. The fourth-order valence-electron chi connectivity index (χ4n) is 1.02. The van der Waals surface area contributed by atoms with Crippen LogP contribution in [0.1, 0.15) is 0 Å². The van der Waals surface area contributed by atoms with Crippen molar-refractivity contribution in [3.05, 3.63) is 48.6 Å². The highest BCUT2D eigenvalue weighted by atomic mass is 16.5. The molecule has 0 rings (SSSR count). The van der Waals surface area contributed by atoms with Gasteiger partial charge in [-0.2, -0.15) is 0 Å². The van der Waals surface area contributed by atoms with Crippen LogP contribution in [-0.2, 0) is 14.3 Å². The summed E-state index contributed by atoms with van der Waals surface area (Å²) in [6.07, 6.45) is 5.16. The Morgan fingerprint density at radius 1 is 1.15 bits per heavy atom. The van der Waals surface area contributed by atoms with Gasteiger partial charge in [0, 0.05) is 5.57 Å². The molecule has 0 aromatic carbocycles. The number of hydrogen-bond acceptors (Lipinski definition) is 4. The number of nitrogens with zero attached hydrogens (tertiary/aromatic N) is 1. The molecule has 0 unspecified atom stereocenters. The molecule has 0 radical (unpaired) electrons. The number of rotatable bonds is 5. The molecule has 0 bridgehead atoms. The molecule has 0 fully saturated rings. The number of esters is 1. The predicted molar refractivity (Wildman–Crippen MR) is 74.8 cm³/mol. The van der Waals surface area contributed by atoms with Gasteiger partial charge in [-0.25, -0.2) is 20.0 Å². The average molecular weight is 277 g/mol. The lowest BCUT2D eigenvalue weighted by Crippen LogP contribution is -2.40. The molecule has 0 aromatic heterocycles. The van der Waals surface area contributed by atoms with Crippen molar-refractivity contribution in [1.82, 2.24) is 10.9 Å². The molecule has 7 nitrogen and oxygen atoms in total. The molecule has 3 amide bonds. The molecule has 0 aliphatic carbocycles. The maximum absolute atomic E-state index is 11.8. The lowest BCUT2D eigenvalue weighted by molar-refractivity contribution is -0.135. The molecular formula is C13H15N3O4. The Kier molecular flexibility index (Phi) is 7.70. The maximum Gasteiger partial charge on any atom is 0.358 e. The minimum atomic E-state index is -0.822. The Labute approximate surface area is 116 Å². The SMILES string of the molecule is C=C/C=C(\C=C(/C=C)C(=O)OC)C(=O)NNC(=O)N=C. The molecule has 0 aromatic rings. The van der Waals surface area contributed by atoms with Crippen molar-refractivity contribution in [3.8, 4) is 0 Å². The maximum atomic E-state index is 11.8. The third-order valence-electron chi connectivity index (χ3n) is 1.94. The Hall–Kier alpha value is -2.96. The zero-order valence-corrected chi connectivity index (χ0v) is 11.0. The molecule has 0 spiro atoms. The largest absolute Gasteiger partial charge is 0.465 e. The summed E-state index contributed by atoms with van der Waals surface area (Å²) in [6.45, 7) is 9.88. The molecular weight excluding hydrogens is 262 g/mol. The second-order valence-electron chi connectivity index (χ2n) is 3.20. The number of carbonyl (C=O) groups is 3. The number of amides is 3. The summed E-state index contributed by atoms with van der Waals surface area (Å²) in [5, 5.41) is 0. The number of methoxy groups -OCH3 is 1. The van der Waals surface area contributed by atoms with E-state index in [2.05, 4.69) is 35.0 Å². The van der Waals surface area contributed by atoms with Crippen LogP contribution < -0.4 is 10.9 Å². The van der Waals surface area contributed by atoms with E-state index in [4.69, 9.17) is 0 Å². The van der Waals surface area contributed by atoms with E-state index in [1.54, 1.807) is 0 Å². The van der Waals surface area contributed by atoms with E-state index in [0.717, 1.165) is 0 Å². The van der Waals surface area contributed by atoms with Crippen molar-refractivity contribution in [2.24, 2.45) is 4.99 Å². The van der Waals surface area contributed by atoms with Gasteiger partial charge in [-0.1, -0.05) is 25.3 Å². The van der Waals surface area contributed by atoms with Crippen molar-refractivity contribution in [1.29, 1.82) is 0 Å². The summed E-state index contributed by atoms with van der Waals surface area (Å²) in [7, 11) is 1.20. The number of hydrazine groups is 1. The van der Waals surface area contributed by atoms with Crippen LogP contribution in [0.2, 0.25) is 0 Å². The van der Waals surface area contributed by atoms with Crippen molar-refractivity contribution in [3.63, 3.8) is 0 Å². The Morgan fingerprint density at radius 2 is 1.80 bits per heavy atom. The van der Waals surface area contributed by atoms with E-state index < -0.39 is 17.9 Å². The number of hydrogen-bond donors (Lipinski definition) is 2.